The summed E-state index contributed by atoms with van der Waals surface area (Å²) < 4.78 is 19.3. The molecule has 0 heterocycles. The van der Waals surface area contributed by atoms with Gasteiger partial charge in [-0.3, -0.25) is 10.1 Å². The number of benzene rings is 2. The summed E-state index contributed by atoms with van der Waals surface area (Å²) in [5.41, 5.74) is 5.55. The lowest BCUT2D eigenvalue weighted by Crippen LogP contribution is -2.09. The Kier molecular flexibility index (Phi) is 4.40. The molecule has 2 rings (SSSR count). The van der Waals surface area contributed by atoms with Crippen molar-refractivity contribution < 1.29 is 14.1 Å². The number of nitro benzene ring substituents is 1. The molecule has 0 bridgehead atoms. The van der Waals surface area contributed by atoms with E-state index in [4.69, 9.17) is 22.1 Å². The summed E-state index contributed by atoms with van der Waals surface area (Å²) in [6, 6.07) is 7.66. The third-order valence-corrected chi connectivity index (χ3v) is 3.12. The highest BCUT2D eigenvalue weighted by Crippen LogP contribution is 2.40. The molecule has 5 nitrogen and oxygen atoms in total. The van der Waals surface area contributed by atoms with Gasteiger partial charge in [0.1, 0.15) is 11.6 Å². The molecule has 0 aromatic heterocycles. The lowest BCUT2D eigenvalue weighted by molar-refractivity contribution is -0.385. The first-order chi connectivity index (χ1) is 9.91. The summed E-state index contributed by atoms with van der Waals surface area (Å²) in [5, 5.41) is 11.1. The summed E-state index contributed by atoms with van der Waals surface area (Å²) in [6.45, 7) is 1.59. The Morgan fingerprint density at radius 3 is 2.62 bits per heavy atom. The van der Waals surface area contributed by atoms with E-state index in [1.165, 1.54) is 36.4 Å². The van der Waals surface area contributed by atoms with Crippen molar-refractivity contribution in [3.8, 4) is 11.5 Å². The molecule has 110 valence electrons. The predicted octanol–water partition coefficient (Wildman–Crippen LogP) is 4.20. The molecule has 0 aliphatic heterocycles. The minimum atomic E-state index is -0.636. The minimum Gasteiger partial charge on any atom is -0.448 e. The smallest absolute Gasteiger partial charge is 0.313 e. The fourth-order valence-corrected chi connectivity index (χ4v) is 2.11. The quantitative estimate of drug-likeness (QED) is 0.678. The Labute approximate surface area is 125 Å². The molecule has 0 unspecified atom stereocenters. The van der Waals surface area contributed by atoms with Crippen molar-refractivity contribution in [3.05, 3.63) is 62.9 Å². The van der Waals surface area contributed by atoms with Crippen LogP contribution in [0.2, 0.25) is 5.02 Å². The van der Waals surface area contributed by atoms with Crippen LogP contribution < -0.4 is 10.5 Å². The maximum Gasteiger partial charge on any atom is 0.313 e. The molecule has 0 spiro atoms. The van der Waals surface area contributed by atoms with Crippen LogP contribution in [0.25, 0.3) is 0 Å². The standard InChI is InChI=1S/C14H12ClFN2O3/c1-8(17)13-10(16)5-3-7-12(13)21-14-9(15)4-2-6-11(14)18(19)20/h2-8H,17H2,1H3/t8-/m0/s1. The normalized spacial score (nSPS) is 12.0. The van der Waals surface area contributed by atoms with Gasteiger partial charge >= 0.3 is 5.69 Å². The Balaban J connectivity index is 2.54. The van der Waals surface area contributed by atoms with E-state index in [0.717, 1.165) is 0 Å². The fourth-order valence-electron chi connectivity index (χ4n) is 1.90. The van der Waals surface area contributed by atoms with Crippen molar-refractivity contribution in [2.45, 2.75) is 13.0 Å². The highest BCUT2D eigenvalue weighted by molar-refractivity contribution is 6.32. The minimum absolute atomic E-state index is 0.0593. The second-order valence-electron chi connectivity index (χ2n) is 4.39. The van der Waals surface area contributed by atoms with Crippen LogP contribution in [0.5, 0.6) is 11.5 Å². The van der Waals surface area contributed by atoms with Gasteiger partial charge in [0.25, 0.3) is 0 Å². The van der Waals surface area contributed by atoms with Gasteiger partial charge in [-0.05, 0) is 25.1 Å². The molecule has 0 saturated carbocycles. The Hall–Kier alpha value is -2.18. The zero-order valence-corrected chi connectivity index (χ0v) is 11.8. The van der Waals surface area contributed by atoms with Crippen molar-refractivity contribution in [1.29, 1.82) is 0 Å². The highest BCUT2D eigenvalue weighted by Gasteiger charge is 2.22. The third-order valence-electron chi connectivity index (χ3n) is 2.82. The number of halogens is 2. The topological polar surface area (TPSA) is 78.4 Å². The number of nitrogens with two attached hydrogens (primary N) is 1. The summed E-state index contributed by atoms with van der Waals surface area (Å²) in [6.07, 6.45) is 0. The average Bonchev–Trinajstić information content (AvgIpc) is 2.40. The van der Waals surface area contributed by atoms with Gasteiger partial charge in [-0.25, -0.2) is 4.39 Å². The van der Waals surface area contributed by atoms with Crippen molar-refractivity contribution in [2.24, 2.45) is 5.73 Å². The Morgan fingerprint density at radius 2 is 2.00 bits per heavy atom. The lowest BCUT2D eigenvalue weighted by Gasteiger charge is -2.15. The monoisotopic (exact) mass is 310 g/mol. The van der Waals surface area contributed by atoms with Crippen LogP contribution in [0.4, 0.5) is 10.1 Å². The number of hydrogen-bond acceptors (Lipinski definition) is 4. The number of nitrogens with zero attached hydrogens (tertiary/aromatic N) is 1. The van der Waals surface area contributed by atoms with Crippen LogP contribution in [-0.4, -0.2) is 4.92 Å². The van der Waals surface area contributed by atoms with Gasteiger partial charge in [0, 0.05) is 17.7 Å². The molecule has 0 saturated heterocycles. The summed E-state index contributed by atoms with van der Waals surface area (Å²) >= 11 is 5.94. The Bertz CT molecular complexity index is 692. The molecule has 7 heteroatoms. The maximum absolute atomic E-state index is 13.8. The first-order valence-electron chi connectivity index (χ1n) is 6.06. The van der Waals surface area contributed by atoms with E-state index in [9.17, 15) is 14.5 Å². The molecule has 2 aromatic rings. The van der Waals surface area contributed by atoms with Crippen LogP contribution >= 0.6 is 11.6 Å². The van der Waals surface area contributed by atoms with Crippen LogP contribution in [0.1, 0.15) is 18.5 Å². The second kappa shape index (κ2) is 6.07. The van der Waals surface area contributed by atoms with E-state index >= 15 is 0 Å². The zero-order valence-electron chi connectivity index (χ0n) is 11.0. The molecule has 0 amide bonds. The highest BCUT2D eigenvalue weighted by atomic mass is 35.5. The number of nitro groups is 1. The molecule has 0 radical (unpaired) electrons. The summed E-state index contributed by atoms with van der Waals surface area (Å²) in [4.78, 5) is 10.4. The van der Waals surface area contributed by atoms with Crippen molar-refractivity contribution >= 4 is 17.3 Å². The SMILES string of the molecule is C[C@H](N)c1c(F)cccc1Oc1c(Cl)cccc1[N+](=O)[O-]. The molecule has 0 aliphatic rings. The van der Waals surface area contributed by atoms with Crippen molar-refractivity contribution in [2.75, 3.05) is 0 Å². The van der Waals surface area contributed by atoms with E-state index in [1.807, 2.05) is 0 Å². The molecule has 1 atom stereocenters. The second-order valence-corrected chi connectivity index (χ2v) is 4.79. The number of rotatable bonds is 4. The summed E-state index contributed by atoms with van der Waals surface area (Å²) in [5.74, 6) is -0.588. The largest absolute Gasteiger partial charge is 0.448 e. The van der Waals surface area contributed by atoms with Gasteiger partial charge < -0.3 is 10.5 Å². The van der Waals surface area contributed by atoms with Crippen LogP contribution in [-0.2, 0) is 0 Å². The van der Waals surface area contributed by atoms with Crippen LogP contribution in [0.15, 0.2) is 36.4 Å². The van der Waals surface area contributed by atoms with E-state index in [0.29, 0.717) is 0 Å². The lowest BCUT2D eigenvalue weighted by atomic mass is 10.1. The van der Waals surface area contributed by atoms with Crippen molar-refractivity contribution in [3.63, 3.8) is 0 Å². The van der Waals surface area contributed by atoms with Gasteiger partial charge in [-0.1, -0.05) is 23.7 Å². The first-order valence-corrected chi connectivity index (χ1v) is 6.44. The van der Waals surface area contributed by atoms with E-state index in [-0.39, 0.29) is 27.8 Å². The third kappa shape index (κ3) is 3.12. The average molecular weight is 311 g/mol. The molecule has 21 heavy (non-hydrogen) atoms. The van der Waals surface area contributed by atoms with E-state index in [2.05, 4.69) is 0 Å². The number of hydrogen-bond donors (Lipinski definition) is 1. The van der Waals surface area contributed by atoms with Crippen LogP contribution in [0.3, 0.4) is 0 Å². The molecule has 0 fully saturated rings. The van der Waals surface area contributed by atoms with Gasteiger partial charge in [0.2, 0.25) is 5.75 Å². The van der Waals surface area contributed by atoms with Crippen LogP contribution in [0, 0.1) is 15.9 Å². The van der Waals surface area contributed by atoms with Gasteiger partial charge in [0.05, 0.1) is 9.95 Å². The van der Waals surface area contributed by atoms with E-state index < -0.39 is 16.8 Å². The van der Waals surface area contributed by atoms with Gasteiger partial charge in [-0.15, -0.1) is 0 Å². The number of para-hydroxylation sites is 1. The van der Waals surface area contributed by atoms with Gasteiger partial charge in [-0.2, -0.15) is 0 Å². The molecule has 0 aliphatic carbocycles. The van der Waals surface area contributed by atoms with Crippen molar-refractivity contribution in [1.82, 2.24) is 0 Å². The predicted molar refractivity (Wildman–Crippen MR) is 77.2 cm³/mol. The fraction of sp³-hybridized carbons (Fsp3) is 0.143. The molecular formula is C14H12ClFN2O3. The molecule has 2 N–H and O–H groups in total. The number of ether oxygens (including phenoxy) is 1. The van der Waals surface area contributed by atoms with E-state index in [1.54, 1.807) is 6.92 Å². The Morgan fingerprint density at radius 1 is 1.33 bits per heavy atom. The molecule has 2 aromatic carbocycles. The first kappa shape index (κ1) is 15.2. The zero-order chi connectivity index (χ0) is 15.6. The van der Waals surface area contributed by atoms with Gasteiger partial charge in [0.15, 0.2) is 0 Å². The molecular weight excluding hydrogens is 299 g/mol. The summed E-state index contributed by atoms with van der Waals surface area (Å²) in [7, 11) is 0. The maximum atomic E-state index is 13.8.